The molecular weight excluding hydrogens is 267 g/mol. The van der Waals surface area contributed by atoms with Crippen LogP contribution in [0.15, 0.2) is 42.5 Å². The van der Waals surface area contributed by atoms with Gasteiger partial charge in [-0.2, -0.15) is 0 Å². The Bertz CT molecular complexity index is 596. The van der Waals surface area contributed by atoms with E-state index < -0.39 is 5.82 Å². The molecular formula is C17H21FN2O. The van der Waals surface area contributed by atoms with Gasteiger partial charge in [0.25, 0.3) is 0 Å². The Balaban J connectivity index is 2.06. The molecule has 0 aliphatic rings. The van der Waals surface area contributed by atoms with E-state index in [4.69, 9.17) is 0 Å². The number of rotatable bonds is 5. The molecule has 112 valence electrons. The lowest BCUT2D eigenvalue weighted by molar-refractivity contribution is 0.402. The molecule has 0 saturated heterocycles. The van der Waals surface area contributed by atoms with Crippen molar-refractivity contribution < 1.29 is 9.50 Å². The van der Waals surface area contributed by atoms with E-state index in [-0.39, 0.29) is 11.8 Å². The van der Waals surface area contributed by atoms with Gasteiger partial charge in [0.15, 0.2) is 0 Å². The average molecular weight is 288 g/mol. The molecule has 2 aromatic carbocycles. The molecule has 0 fully saturated rings. The van der Waals surface area contributed by atoms with E-state index in [1.54, 1.807) is 6.07 Å². The van der Waals surface area contributed by atoms with Gasteiger partial charge in [-0.25, -0.2) is 4.39 Å². The van der Waals surface area contributed by atoms with Gasteiger partial charge in [0.05, 0.1) is 6.04 Å². The molecule has 1 unspecified atom stereocenters. The minimum atomic E-state index is -0.434. The molecule has 2 N–H and O–H groups in total. The topological polar surface area (TPSA) is 35.5 Å². The monoisotopic (exact) mass is 288 g/mol. The molecule has 2 rings (SSSR count). The fourth-order valence-corrected chi connectivity index (χ4v) is 2.28. The van der Waals surface area contributed by atoms with E-state index in [1.807, 2.05) is 33.2 Å². The number of phenols is 1. The summed E-state index contributed by atoms with van der Waals surface area (Å²) in [4.78, 5) is 2.11. The number of anilines is 1. The second kappa shape index (κ2) is 6.59. The zero-order valence-electron chi connectivity index (χ0n) is 12.6. The zero-order valence-corrected chi connectivity index (χ0v) is 12.6. The number of halogens is 1. The maximum atomic E-state index is 13.0. The first-order chi connectivity index (χ1) is 9.95. The third-order valence-electron chi connectivity index (χ3n) is 3.29. The summed E-state index contributed by atoms with van der Waals surface area (Å²) in [5.74, 6) is -0.462. The Kier molecular flexibility index (Phi) is 4.81. The minimum Gasteiger partial charge on any atom is -0.507 e. The van der Waals surface area contributed by atoms with Crippen LogP contribution in [0.2, 0.25) is 0 Å². The van der Waals surface area contributed by atoms with Crippen LogP contribution in [0.3, 0.4) is 0 Å². The third-order valence-corrected chi connectivity index (χ3v) is 3.29. The average Bonchev–Trinajstić information content (AvgIpc) is 2.40. The molecule has 0 spiro atoms. The third kappa shape index (κ3) is 4.20. The Morgan fingerprint density at radius 2 is 1.81 bits per heavy atom. The summed E-state index contributed by atoms with van der Waals surface area (Å²) >= 11 is 0. The fraction of sp³-hybridized carbons (Fsp3) is 0.294. The van der Waals surface area contributed by atoms with Gasteiger partial charge < -0.3 is 15.3 Å². The van der Waals surface area contributed by atoms with Crippen LogP contribution in [0.4, 0.5) is 10.1 Å². The van der Waals surface area contributed by atoms with E-state index in [0.29, 0.717) is 5.56 Å². The maximum absolute atomic E-state index is 13.0. The van der Waals surface area contributed by atoms with E-state index in [2.05, 4.69) is 22.3 Å². The Labute approximate surface area is 125 Å². The molecule has 0 saturated carbocycles. The van der Waals surface area contributed by atoms with Gasteiger partial charge in [-0.05, 0) is 44.8 Å². The summed E-state index contributed by atoms with van der Waals surface area (Å²) in [7, 11) is 4.07. The van der Waals surface area contributed by atoms with Crippen molar-refractivity contribution >= 4 is 5.69 Å². The van der Waals surface area contributed by atoms with Crippen molar-refractivity contribution in [2.75, 3.05) is 19.4 Å². The van der Waals surface area contributed by atoms with Gasteiger partial charge in [0.2, 0.25) is 0 Å². The van der Waals surface area contributed by atoms with Crippen molar-refractivity contribution in [2.45, 2.75) is 19.5 Å². The van der Waals surface area contributed by atoms with E-state index in [1.165, 1.54) is 11.6 Å². The van der Waals surface area contributed by atoms with Crippen LogP contribution in [-0.2, 0) is 6.54 Å². The SMILES string of the molecule is CC(Nc1ccc(CN(C)C)cc1)c1ccc(F)cc1O. The first-order valence-corrected chi connectivity index (χ1v) is 6.94. The van der Waals surface area contributed by atoms with E-state index in [9.17, 15) is 9.50 Å². The van der Waals surface area contributed by atoms with Crippen molar-refractivity contribution in [3.05, 3.63) is 59.4 Å². The smallest absolute Gasteiger partial charge is 0.126 e. The van der Waals surface area contributed by atoms with Crippen LogP contribution in [-0.4, -0.2) is 24.1 Å². The molecule has 0 radical (unpaired) electrons. The summed E-state index contributed by atoms with van der Waals surface area (Å²) in [6.07, 6.45) is 0. The van der Waals surface area contributed by atoms with Gasteiger partial charge in [-0.1, -0.05) is 18.2 Å². The molecule has 1 atom stereocenters. The second-order valence-corrected chi connectivity index (χ2v) is 5.50. The highest BCUT2D eigenvalue weighted by molar-refractivity contribution is 5.48. The Morgan fingerprint density at radius 3 is 2.38 bits per heavy atom. The summed E-state index contributed by atoms with van der Waals surface area (Å²) in [5.41, 5.74) is 2.88. The molecule has 0 amide bonds. The van der Waals surface area contributed by atoms with Crippen molar-refractivity contribution in [2.24, 2.45) is 0 Å². The minimum absolute atomic E-state index is 0.0285. The highest BCUT2D eigenvalue weighted by atomic mass is 19.1. The normalized spacial score (nSPS) is 12.4. The molecule has 0 aromatic heterocycles. The van der Waals surface area contributed by atoms with Gasteiger partial charge in [0.1, 0.15) is 11.6 Å². The highest BCUT2D eigenvalue weighted by Gasteiger charge is 2.11. The van der Waals surface area contributed by atoms with Gasteiger partial charge in [-0.15, -0.1) is 0 Å². The number of hydrogen-bond acceptors (Lipinski definition) is 3. The number of benzene rings is 2. The molecule has 0 bridgehead atoms. The van der Waals surface area contributed by atoms with E-state index in [0.717, 1.165) is 18.3 Å². The van der Waals surface area contributed by atoms with Gasteiger partial charge in [0, 0.05) is 23.9 Å². The molecule has 21 heavy (non-hydrogen) atoms. The Hall–Kier alpha value is -2.07. The zero-order chi connectivity index (χ0) is 15.4. The van der Waals surface area contributed by atoms with Crippen LogP contribution >= 0.6 is 0 Å². The Morgan fingerprint density at radius 1 is 1.14 bits per heavy atom. The number of aromatic hydroxyl groups is 1. The van der Waals surface area contributed by atoms with Crippen molar-refractivity contribution in [1.29, 1.82) is 0 Å². The second-order valence-electron chi connectivity index (χ2n) is 5.50. The predicted molar refractivity (Wildman–Crippen MR) is 83.9 cm³/mol. The largest absolute Gasteiger partial charge is 0.507 e. The van der Waals surface area contributed by atoms with Crippen molar-refractivity contribution in [3.63, 3.8) is 0 Å². The maximum Gasteiger partial charge on any atom is 0.126 e. The van der Waals surface area contributed by atoms with Crippen LogP contribution in [0, 0.1) is 5.82 Å². The lowest BCUT2D eigenvalue weighted by Gasteiger charge is -2.17. The van der Waals surface area contributed by atoms with Crippen LogP contribution in [0.25, 0.3) is 0 Å². The summed E-state index contributed by atoms with van der Waals surface area (Å²) in [6.45, 7) is 2.83. The van der Waals surface area contributed by atoms with E-state index >= 15 is 0 Å². The summed E-state index contributed by atoms with van der Waals surface area (Å²) in [5, 5.41) is 13.1. The lowest BCUT2D eigenvalue weighted by Crippen LogP contribution is -2.11. The number of nitrogens with zero attached hydrogens (tertiary/aromatic N) is 1. The lowest BCUT2D eigenvalue weighted by atomic mass is 10.1. The quantitative estimate of drug-likeness (QED) is 0.879. The van der Waals surface area contributed by atoms with Crippen LogP contribution in [0.1, 0.15) is 24.1 Å². The van der Waals surface area contributed by atoms with Gasteiger partial charge >= 0.3 is 0 Å². The standard InChI is InChI=1S/C17H21FN2O/c1-12(16-9-6-14(18)10-17(16)21)19-15-7-4-13(5-8-15)11-20(2)3/h4-10,12,19,21H,11H2,1-3H3. The summed E-state index contributed by atoms with van der Waals surface area (Å²) < 4.78 is 13.0. The van der Waals surface area contributed by atoms with Crippen molar-refractivity contribution in [3.8, 4) is 5.75 Å². The van der Waals surface area contributed by atoms with Crippen molar-refractivity contribution in [1.82, 2.24) is 4.90 Å². The number of phenolic OH excluding ortho intramolecular Hbond substituents is 1. The molecule has 4 heteroatoms. The number of hydrogen-bond donors (Lipinski definition) is 2. The molecule has 0 heterocycles. The number of nitrogens with one attached hydrogen (secondary N) is 1. The first-order valence-electron chi connectivity index (χ1n) is 6.94. The van der Waals surface area contributed by atoms with Crippen LogP contribution in [0.5, 0.6) is 5.75 Å². The molecule has 0 aliphatic heterocycles. The predicted octanol–water partition coefficient (Wildman–Crippen LogP) is 3.77. The molecule has 3 nitrogen and oxygen atoms in total. The van der Waals surface area contributed by atoms with Gasteiger partial charge in [-0.3, -0.25) is 0 Å². The summed E-state index contributed by atoms with van der Waals surface area (Å²) in [6, 6.07) is 12.1. The first kappa shape index (κ1) is 15.3. The fourth-order valence-electron chi connectivity index (χ4n) is 2.28. The highest BCUT2D eigenvalue weighted by Crippen LogP contribution is 2.27. The molecule has 0 aliphatic carbocycles. The van der Waals surface area contributed by atoms with Crippen LogP contribution < -0.4 is 5.32 Å². The molecule has 2 aromatic rings.